The molecule has 4 rings (SSSR count). The molecule has 1 aliphatic rings. The van der Waals surface area contributed by atoms with E-state index in [0.717, 1.165) is 43.6 Å². The van der Waals surface area contributed by atoms with Gasteiger partial charge in [0.25, 0.3) is 0 Å². The van der Waals surface area contributed by atoms with E-state index in [9.17, 15) is 14.7 Å². The van der Waals surface area contributed by atoms with Gasteiger partial charge in [0.15, 0.2) is 11.5 Å². The maximum absolute atomic E-state index is 12.8. The highest BCUT2D eigenvalue weighted by molar-refractivity contribution is 5.81. The average molecular weight is 542 g/mol. The Kier molecular flexibility index (Phi) is 9.54. The summed E-state index contributed by atoms with van der Waals surface area (Å²) in [5.74, 6) is -1.24. The number of carboxylic acid groups (broad SMARTS) is 1. The van der Waals surface area contributed by atoms with Gasteiger partial charge in [-0.15, -0.1) is 0 Å². The predicted molar refractivity (Wildman–Crippen MR) is 148 cm³/mol. The largest absolute Gasteiger partial charge is 0.481 e. The summed E-state index contributed by atoms with van der Waals surface area (Å²) in [5.41, 5.74) is 8.48. The summed E-state index contributed by atoms with van der Waals surface area (Å²) >= 11 is 0. The molecule has 0 radical (unpaired) electrons. The van der Waals surface area contributed by atoms with Gasteiger partial charge in [-0.1, -0.05) is 24.3 Å². The van der Waals surface area contributed by atoms with Gasteiger partial charge < -0.3 is 30.2 Å². The second-order valence-corrected chi connectivity index (χ2v) is 10.2. The van der Waals surface area contributed by atoms with Crippen molar-refractivity contribution in [2.75, 3.05) is 52.7 Å². The number of H-pyrrole nitrogens is 1. The topological polar surface area (TPSA) is 152 Å². The fourth-order valence-corrected chi connectivity index (χ4v) is 5.04. The number of imidazole rings is 1. The number of carboxylic acids is 1. The van der Waals surface area contributed by atoms with E-state index >= 15 is 0 Å². The molecule has 12 heteroatoms. The smallest absolute Gasteiger partial charge is 0.327 e. The van der Waals surface area contributed by atoms with Crippen molar-refractivity contribution in [1.29, 1.82) is 0 Å². The SMILES string of the molecule is COCCOc1nc(N)c2[nH]c(=O)n(CCCN(Cc3cccc(C(C)C(=O)O)c3)C3CCN(C)CC3)c2n1. The normalized spacial score (nSPS) is 15.7. The number of hydrogen-bond donors (Lipinski definition) is 3. The molecule has 3 aromatic rings. The van der Waals surface area contributed by atoms with Gasteiger partial charge in [0, 0.05) is 32.8 Å². The van der Waals surface area contributed by atoms with Gasteiger partial charge in [0.1, 0.15) is 12.1 Å². The van der Waals surface area contributed by atoms with Gasteiger partial charge in [-0.25, -0.2) is 4.79 Å². The molecule has 3 heterocycles. The van der Waals surface area contributed by atoms with E-state index in [0.29, 0.717) is 43.3 Å². The van der Waals surface area contributed by atoms with Crippen molar-refractivity contribution in [3.8, 4) is 6.01 Å². The van der Waals surface area contributed by atoms with Crippen LogP contribution in [0.15, 0.2) is 29.1 Å². The van der Waals surface area contributed by atoms with Gasteiger partial charge in [0.05, 0.1) is 12.5 Å². The highest BCUT2D eigenvalue weighted by Gasteiger charge is 2.24. The van der Waals surface area contributed by atoms with E-state index < -0.39 is 11.9 Å². The van der Waals surface area contributed by atoms with Crippen molar-refractivity contribution in [1.82, 2.24) is 29.3 Å². The van der Waals surface area contributed by atoms with Crippen LogP contribution >= 0.6 is 0 Å². The van der Waals surface area contributed by atoms with Gasteiger partial charge in [0.2, 0.25) is 0 Å². The van der Waals surface area contributed by atoms with E-state index in [-0.39, 0.29) is 24.1 Å². The maximum atomic E-state index is 12.8. The Morgan fingerprint density at radius 3 is 2.77 bits per heavy atom. The first kappa shape index (κ1) is 28.5. The predicted octanol–water partition coefficient (Wildman–Crippen LogP) is 1.90. The Hall–Kier alpha value is -3.48. The fraction of sp³-hybridized carbons (Fsp3) is 0.556. The molecule has 1 aromatic carbocycles. The third kappa shape index (κ3) is 7.14. The van der Waals surface area contributed by atoms with Crippen LogP contribution in [-0.2, 0) is 22.6 Å². The number of rotatable bonds is 13. The van der Waals surface area contributed by atoms with Gasteiger partial charge in [-0.05, 0) is 57.5 Å². The minimum Gasteiger partial charge on any atom is -0.481 e. The molecule has 12 nitrogen and oxygen atoms in total. The van der Waals surface area contributed by atoms with E-state index in [1.54, 1.807) is 18.6 Å². The Balaban J connectivity index is 1.50. The number of nitrogens with two attached hydrogens (primary N) is 1. The van der Waals surface area contributed by atoms with E-state index in [4.69, 9.17) is 15.2 Å². The van der Waals surface area contributed by atoms with Crippen molar-refractivity contribution < 1.29 is 19.4 Å². The van der Waals surface area contributed by atoms with Crippen LogP contribution in [0.25, 0.3) is 11.2 Å². The summed E-state index contributed by atoms with van der Waals surface area (Å²) < 4.78 is 12.1. The maximum Gasteiger partial charge on any atom is 0.327 e. The number of aromatic amines is 1. The van der Waals surface area contributed by atoms with Crippen molar-refractivity contribution >= 4 is 23.0 Å². The van der Waals surface area contributed by atoms with Crippen molar-refractivity contribution in [2.24, 2.45) is 0 Å². The first-order chi connectivity index (χ1) is 18.8. The summed E-state index contributed by atoms with van der Waals surface area (Å²) in [6.45, 7) is 6.35. The van der Waals surface area contributed by atoms with Crippen LogP contribution in [0.2, 0.25) is 0 Å². The number of hydrogen-bond acceptors (Lipinski definition) is 9. The third-order valence-electron chi connectivity index (χ3n) is 7.39. The second-order valence-electron chi connectivity index (χ2n) is 10.2. The van der Waals surface area contributed by atoms with E-state index in [2.05, 4.69) is 37.9 Å². The number of piperidine rings is 1. The number of anilines is 1. The molecule has 4 N–H and O–H groups in total. The van der Waals surface area contributed by atoms with E-state index in [1.807, 2.05) is 18.2 Å². The van der Waals surface area contributed by atoms with Crippen LogP contribution in [0.5, 0.6) is 6.01 Å². The molecule has 212 valence electrons. The number of nitrogen functional groups attached to an aromatic ring is 1. The fourth-order valence-electron chi connectivity index (χ4n) is 5.04. The Bertz CT molecular complexity index is 1320. The number of nitrogens with zero attached hydrogens (tertiary/aromatic N) is 5. The number of methoxy groups -OCH3 is 1. The molecule has 1 saturated heterocycles. The number of aliphatic carboxylic acids is 1. The Morgan fingerprint density at radius 1 is 1.28 bits per heavy atom. The molecular formula is C27H39N7O5. The molecular weight excluding hydrogens is 502 g/mol. The first-order valence-corrected chi connectivity index (χ1v) is 13.4. The lowest BCUT2D eigenvalue weighted by atomic mass is 9.98. The number of ether oxygens (including phenoxy) is 2. The molecule has 1 unspecified atom stereocenters. The zero-order chi connectivity index (χ0) is 27.9. The minimum atomic E-state index is -0.833. The summed E-state index contributed by atoms with van der Waals surface area (Å²) in [7, 11) is 3.72. The van der Waals surface area contributed by atoms with Gasteiger partial charge >= 0.3 is 17.7 Å². The molecule has 0 saturated carbocycles. The van der Waals surface area contributed by atoms with Crippen LogP contribution in [0.4, 0.5) is 5.82 Å². The lowest BCUT2D eigenvalue weighted by Crippen LogP contribution is -2.44. The lowest BCUT2D eigenvalue weighted by Gasteiger charge is -2.37. The van der Waals surface area contributed by atoms with Crippen LogP contribution in [-0.4, -0.2) is 93.4 Å². The van der Waals surface area contributed by atoms with Gasteiger partial charge in [-0.3, -0.25) is 14.3 Å². The highest BCUT2D eigenvalue weighted by Crippen LogP contribution is 2.23. The highest BCUT2D eigenvalue weighted by atomic mass is 16.5. The molecule has 2 aromatic heterocycles. The van der Waals surface area contributed by atoms with Crippen LogP contribution < -0.4 is 16.2 Å². The molecule has 39 heavy (non-hydrogen) atoms. The summed E-state index contributed by atoms with van der Waals surface area (Å²) in [4.78, 5) is 40.4. The number of carbonyl (C=O) groups is 1. The van der Waals surface area contributed by atoms with Crippen LogP contribution in [0.1, 0.15) is 43.2 Å². The molecule has 1 atom stereocenters. The molecule has 0 amide bonds. The lowest BCUT2D eigenvalue weighted by molar-refractivity contribution is -0.138. The van der Waals surface area contributed by atoms with E-state index in [1.165, 1.54) is 0 Å². The molecule has 1 aliphatic heterocycles. The number of benzene rings is 1. The zero-order valence-corrected chi connectivity index (χ0v) is 22.9. The number of likely N-dealkylation sites (tertiary alicyclic amines) is 1. The second kappa shape index (κ2) is 13.0. The average Bonchev–Trinajstić information content (AvgIpc) is 3.24. The summed E-state index contributed by atoms with van der Waals surface area (Å²) in [5, 5.41) is 9.45. The van der Waals surface area contributed by atoms with Crippen molar-refractivity contribution in [3.05, 3.63) is 45.9 Å². The number of fused-ring (bicyclic) bond motifs is 1. The molecule has 0 spiro atoms. The number of aryl methyl sites for hydroxylation is 1. The Labute approximate surface area is 227 Å². The molecule has 0 bridgehead atoms. The third-order valence-corrected chi connectivity index (χ3v) is 7.39. The molecule has 1 fully saturated rings. The zero-order valence-electron chi connectivity index (χ0n) is 22.9. The number of aromatic nitrogens is 4. The monoisotopic (exact) mass is 541 g/mol. The van der Waals surface area contributed by atoms with Gasteiger partial charge in [-0.2, -0.15) is 9.97 Å². The standard InChI is InChI=1S/C27H39N7O5/c1-18(25(35)36)20-7-4-6-19(16-20)17-33(21-8-12-32(2)13-9-21)10-5-11-34-24-22(29-27(34)37)23(28)30-26(31-24)39-15-14-38-3/h4,6-7,16,18,21H,5,8-15,17H2,1-3H3,(H,29,37)(H,35,36)(H2,28,30,31). The van der Waals surface area contributed by atoms with Crippen LogP contribution in [0.3, 0.4) is 0 Å². The Morgan fingerprint density at radius 2 is 2.05 bits per heavy atom. The minimum absolute atomic E-state index is 0.105. The van der Waals surface area contributed by atoms with Crippen molar-refractivity contribution in [3.63, 3.8) is 0 Å². The summed E-state index contributed by atoms with van der Waals surface area (Å²) in [6.07, 6.45) is 2.83. The first-order valence-electron chi connectivity index (χ1n) is 13.4. The summed E-state index contributed by atoms with van der Waals surface area (Å²) in [6, 6.07) is 8.35. The van der Waals surface area contributed by atoms with Crippen LogP contribution in [0, 0.1) is 0 Å². The number of nitrogens with one attached hydrogen (secondary N) is 1. The van der Waals surface area contributed by atoms with Crippen molar-refractivity contribution in [2.45, 2.75) is 51.2 Å². The molecule has 0 aliphatic carbocycles. The quantitative estimate of drug-likeness (QED) is 0.274.